The number of halogens is 1. The Labute approximate surface area is 78.7 Å². The van der Waals surface area contributed by atoms with Crippen molar-refractivity contribution in [2.24, 2.45) is 0 Å². The van der Waals surface area contributed by atoms with E-state index in [9.17, 15) is 4.79 Å². The van der Waals surface area contributed by atoms with Crippen molar-refractivity contribution >= 4 is 21.9 Å². The van der Waals surface area contributed by atoms with E-state index in [1.54, 1.807) is 6.07 Å². The summed E-state index contributed by atoms with van der Waals surface area (Å²) >= 11 is 3.30. The first-order valence-corrected chi connectivity index (χ1v) is 4.81. The van der Waals surface area contributed by atoms with Crippen LogP contribution in [-0.4, -0.2) is 11.3 Å². The molecule has 0 bridgehead atoms. The van der Waals surface area contributed by atoms with E-state index < -0.39 is 0 Å². The first kappa shape index (κ1) is 7.80. The lowest BCUT2D eigenvalue weighted by Gasteiger charge is -2.04. The molecule has 2 nitrogen and oxygen atoms in total. The van der Waals surface area contributed by atoms with Crippen LogP contribution in [0.1, 0.15) is 22.0 Å². The standard InChI is InChI=1S/C9H7BrO2/c10-5-8-6-3-1-2-4-7(6)9(11)12-8/h1-4,8H,5H2. The maximum atomic E-state index is 11.2. The molecule has 0 radical (unpaired) electrons. The molecule has 3 heteroatoms. The van der Waals surface area contributed by atoms with E-state index in [1.165, 1.54) is 0 Å². The van der Waals surface area contributed by atoms with E-state index in [-0.39, 0.29) is 12.1 Å². The Morgan fingerprint density at radius 2 is 2.17 bits per heavy atom. The predicted octanol–water partition coefficient (Wildman–Crippen LogP) is 2.29. The third kappa shape index (κ3) is 1.05. The largest absolute Gasteiger partial charge is 0.453 e. The van der Waals surface area contributed by atoms with E-state index in [2.05, 4.69) is 15.9 Å². The number of esters is 1. The summed E-state index contributed by atoms with van der Waals surface area (Å²) in [6.45, 7) is 0. The first-order valence-electron chi connectivity index (χ1n) is 3.69. The molecule has 1 atom stereocenters. The topological polar surface area (TPSA) is 26.3 Å². The van der Waals surface area contributed by atoms with Gasteiger partial charge in [-0.05, 0) is 6.07 Å². The minimum absolute atomic E-state index is 0.103. The maximum Gasteiger partial charge on any atom is 0.339 e. The Morgan fingerprint density at radius 1 is 1.42 bits per heavy atom. The zero-order chi connectivity index (χ0) is 8.55. The summed E-state index contributed by atoms with van der Waals surface area (Å²) in [5, 5.41) is 0.662. The molecule has 0 fully saturated rings. The number of hydrogen-bond acceptors (Lipinski definition) is 2. The SMILES string of the molecule is O=C1OC(CBr)c2ccccc21. The van der Waals surface area contributed by atoms with Crippen molar-refractivity contribution in [3.8, 4) is 0 Å². The second-order valence-corrected chi connectivity index (χ2v) is 3.28. The first-order chi connectivity index (χ1) is 5.83. The van der Waals surface area contributed by atoms with Crippen molar-refractivity contribution in [1.82, 2.24) is 0 Å². The van der Waals surface area contributed by atoms with Crippen LogP contribution >= 0.6 is 15.9 Å². The highest BCUT2D eigenvalue weighted by Gasteiger charge is 2.29. The lowest BCUT2D eigenvalue weighted by Crippen LogP contribution is -1.98. The molecular formula is C9H7BrO2. The van der Waals surface area contributed by atoms with Gasteiger partial charge in [-0.15, -0.1) is 0 Å². The van der Waals surface area contributed by atoms with Gasteiger partial charge in [-0.25, -0.2) is 4.79 Å². The Kier molecular flexibility index (Phi) is 1.89. The molecule has 0 N–H and O–H groups in total. The Balaban J connectivity index is 2.50. The van der Waals surface area contributed by atoms with Gasteiger partial charge < -0.3 is 4.74 Å². The summed E-state index contributed by atoms with van der Waals surface area (Å²) in [5.41, 5.74) is 1.68. The highest BCUT2D eigenvalue weighted by molar-refractivity contribution is 9.09. The second kappa shape index (κ2) is 2.90. The quantitative estimate of drug-likeness (QED) is 0.543. The van der Waals surface area contributed by atoms with E-state index in [0.717, 1.165) is 5.56 Å². The zero-order valence-corrected chi connectivity index (χ0v) is 7.87. The van der Waals surface area contributed by atoms with Gasteiger partial charge in [-0.3, -0.25) is 0 Å². The third-order valence-corrected chi connectivity index (χ3v) is 2.51. The van der Waals surface area contributed by atoms with Gasteiger partial charge in [-0.1, -0.05) is 34.1 Å². The summed E-state index contributed by atoms with van der Waals surface area (Å²) in [5.74, 6) is -0.213. The van der Waals surface area contributed by atoms with Gasteiger partial charge in [0.05, 0.1) is 5.56 Å². The van der Waals surface area contributed by atoms with E-state index in [4.69, 9.17) is 4.74 Å². The normalized spacial score (nSPS) is 20.4. The zero-order valence-electron chi connectivity index (χ0n) is 6.29. The molecule has 0 aliphatic carbocycles. The van der Waals surface area contributed by atoms with Crippen LogP contribution in [0.5, 0.6) is 0 Å². The van der Waals surface area contributed by atoms with Crippen LogP contribution in [0.25, 0.3) is 0 Å². The molecule has 0 saturated carbocycles. The molecule has 1 aromatic carbocycles. The van der Waals surface area contributed by atoms with Gasteiger partial charge in [0.1, 0.15) is 6.10 Å². The van der Waals surface area contributed by atoms with Crippen molar-refractivity contribution < 1.29 is 9.53 Å². The van der Waals surface area contributed by atoms with Crippen molar-refractivity contribution in [3.63, 3.8) is 0 Å². The highest BCUT2D eigenvalue weighted by Crippen LogP contribution is 2.31. The van der Waals surface area contributed by atoms with Crippen LogP contribution in [0, 0.1) is 0 Å². The van der Waals surface area contributed by atoms with Gasteiger partial charge in [0.15, 0.2) is 0 Å². The molecule has 0 aromatic heterocycles. The number of carbonyl (C=O) groups is 1. The fourth-order valence-corrected chi connectivity index (χ4v) is 1.82. The molecule has 2 rings (SSSR count). The van der Waals surface area contributed by atoms with E-state index in [0.29, 0.717) is 10.9 Å². The monoisotopic (exact) mass is 226 g/mol. The van der Waals surface area contributed by atoms with Crippen molar-refractivity contribution in [1.29, 1.82) is 0 Å². The van der Waals surface area contributed by atoms with Crippen LogP contribution in [0.15, 0.2) is 24.3 Å². The minimum atomic E-state index is -0.213. The Hall–Kier alpha value is -0.830. The molecule has 12 heavy (non-hydrogen) atoms. The predicted molar refractivity (Wildman–Crippen MR) is 48.4 cm³/mol. The van der Waals surface area contributed by atoms with E-state index >= 15 is 0 Å². The highest BCUT2D eigenvalue weighted by atomic mass is 79.9. The van der Waals surface area contributed by atoms with Crippen molar-refractivity contribution in [3.05, 3.63) is 35.4 Å². The average Bonchev–Trinajstić information content (AvgIpc) is 2.44. The molecule has 1 unspecified atom stereocenters. The van der Waals surface area contributed by atoms with Crippen LogP contribution in [0.2, 0.25) is 0 Å². The number of ether oxygens (including phenoxy) is 1. The summed E-state index contributed by atoms with van der Waals surface area (Å²) in [4.78, 5) is 11.2. The molecular weight excluding hydrogens is 220 g/mol. The fourth-order valence-electron chi connectivity index (χ4n) is 1.33. The van der Waals surface area contributed by atoms with Gasteiger partial charge >= 0.3 is 5.97 Å². The Bertz CT molecular complexity index is 322. The summed E-state index contributed by atoms with van der Waals surface area (Å²) in [7, 11) is 0. The van der Waals surface area contributed by atoms with Gasteiger partial charge in [0.2, 0.25) is 0 Å². The Morgan fingerprint density at radius 3 is 2.92 bits per heavy atom. The second-order valence-electron chi connectivity index (χ2n) is 2.64. The van der Waals surface area contributed by atoms with Crippen molar-refractivity contribution in [2.75, 3.05) is 5.33 Å². The molecule has 1 aromatic rings. The average molecular weight is 227 g/mol. The molecule has 62 valence electrons. The number of rotatable bonds is 1. The molecule has 1 aliphatic rings. The number of hydrogen-bond donors (Lipinski definition) is 0. The van der Waals surface area contributed by atoms with Crippen LogP contribution < -0.4 is 0 Å². The minimum Gasteiger partial charge on any atom is -0.453 e. The molecule has 0 saturated heterocycles. The maximum absolute atomic E-state index is 11.2. The molecule has 1 aliphatic heterocycles. The van der Waals surface area contributed by atoms with E-state index in [1.807, 2.05) is 18.2 Å². The number of alkyl halides is 1. The number of fused-ring (bicyclic) bond motifs is 1. The van der Waals surface area contributed by atoms with Crippen molar-refractivity contribution in [2.45, 2.75) is 6.10 Å². The van der Waals surface area contributed by atoms with Crippen LogP contribution in [0.4, 0.5) is 0 Å². The third-order valence-electron chi connectivity index (χ3n) is 1.92. The van der Waals surface area contributed by atoms with Gasteiger partial charge in [0.25, 0.3) is 0 Å². The summed E-state index contributed by atoms with van der Waals surface area (Å²) in [6, 6.07) is 7.47. The molecule has 0 amide bonds. The lowest BCUT2D eigenvalue weighted by molar-refractivity contribution is 0.0432. The number of benzene rings is 1. The molecule has 1 heterocycles. The number of cyclic esters (lactones) is 1. The smallest absolute Gasteiger partial charge is 0.339 e. The van der Waals surface area contributed by atoms with Crippen LogP contribution in [0.3, 0.4) is 0 Å². The number of carbonyl (C=O) groups excluding carboxylic acids is 1. The molecule has 0 spiro atoms. The van der Waals surface area contributed by atoms with Gasteiger partial charge in [-0.2, -0.15) is 0 Å². The fraction of sp³-hybridized carbons (Fsp3) is 0.222. The van der Waals surface area contributed by atoms with Gasteiger partial charge in [0, 0.05) is 10.9 Å². The lowest BCUT2D eigenvalue weighted by atomic mass is 10.1. The summed E-state index contributed by atoms with van der Waals surface area (Å²) in [6.07, 6.45) is -0.103. The summed E-state index contributed by atoms with van der Waals surface area (Å²) < 4.78 is 5.10. The van der Waals surface area contributed by atoms with Crippen LogP contribution in [-0.2, 0) is 4.74 Å².